The van der Waals surface area contributed by atoms with Gasteiger partial charge in [0.2, 0.25) is 0 Å². The van der Waals surface area contributed by atoms with Crippen molar-refractivity contribution >= 4 is 11.6 Å². The monoisotopic (exact) mass is 311 g/mol. The molecule has 0 aromatic heterocycles. The maximum atomic E-state index is 14.1. The lowest BCUT2D eigenvalue weighted by Gasteiger charge is -2.38. The van der Waals surface area contributed by atoms with Crippen LogP contribution in [0.5, 0.6) is 0 Å². The maximum absolute atomic E-state index is 14.1. The average molecular weight is 312 g/mol. The number of benzene rings is 1. The predicted octanol–water partition coefficient (Wildman–Crippen LogP) is 5.22. The lowest BCUT2D eigenvalue weighted by molar-refractivity contribution is 0.177. The highest BCUT2D eigenvalue weighted by molar-refractivity contribution is 6.30. The van der Waals surface area contributed by atoms with Crippen LogP contribution in [-0.2, 0) is 6.42 Å². The van der Waals surface area contributed by atoms with E-state index >= 15 is 0 Å². The topological polar surface area (TPSA) is 12.0 Å². The molecule has 1 aromatic carbocycles. The van der Waals surface area contributed by atoms with E-state index in [1.807, 2.05) is 6.07 Å². The summed E-state index contributed by atoms with van der Waals surface area (Å²) in [5.74, 6) is 0.495. The van der Waals surface area contributed by atoms with E-state index < -0.39 is 0 Å². The van der Waals surface area contributed by atoms with Crippen molar-refractivity contribution in [2.24, 2.45) is 11.3 Å². The fraction of sp³-hybridized carbons (Fsp3) is 0.667. The Morgan fingerprint density at radius 3 is 2.57 bits per heavy atom. The van der Waals surface area contributed by atoms with Gasteiger partial charge in [-0.2, -0.15) is 0 Å². The number of rotatable bonds is 6. The molecule has 1 saturated carbocycles. The van der Waals surface area contributed by atoms with E-state index in [1.165, 1.54) is 38.2 Å². The first-order valence-corrected chi connectivity index (χ1v) is 8.53. The molecule has 0 aliphatic heterocycles. The summed E-state index contributed by atoms with van der Waals surface area (Å²) in [6.45, 7) is 6.47. The van der Waals surface area contributed by atoms with Gasteiger partial charge >= 0.3 is 0 Å². The van der Waals surface area contributed by atoms with Crippen molar-refractivity contribution in [1.29, 1.82) is 0 Å². The molecule has 0 spiro atoms. The second-order valence-electron chi connectivity index (χ2n) is 7.00. The van der Waals surface area contributed by atoms with Crippen LogP contribution in [-0.4, -0.2) is 13.1 Å². The predicted molar refractivity (Wildman–Crippen MR) is 88.3 cm³/mol. The van der Waals surface area contributed by atoms with Gasteiger partial charge in [0.15, 0.2) is 0 Å². The Morgan fingerprint density at radius 2 is 1.95 bits per heavy atom. The van der Waals surface area contributed by atoms with Crippen LogP contribution < -0.4 is 5.32 Å². The molecule has 1 N–H and O–H groups in total. The molecule has 0 radical (unpaired) electrons. The lowest BCUT2D eigenvalue weighted by atomic mass is 9.70. The summed E-state index contributed by atoms with van der Waals surface area (Å²) in [6.07, 6.45) is 7.05. The molecule has 0 bridgehead atoms. The van der Waals surface area contributed by atoms with Gasteiger partial charge in [0, 0.05) is 11.6 Å². The van der Waals surface area contributed by atoms with Crippen LogP contribution >= 0.6 is 11.6 Å². The Morgan fingerprint density at radius 1 is 1.24 bits per heavy atom. The number of halogens is 2. The molecule has 0 atom stereocenters. The Bertz CT molecular complexity index is 453. The summed E-state index contributed by atoms with van der Waals surface area (Å²) in [6, 6.07) is 5.10. The summed E-state index contributed by atoms with van der Waals surface area (Å²) in [4.78, 5) is 0. The van der Waals surface area contributed by atoms with Crippen molar-refractivity contribution < 1.29 is 4.39 Å². The highest BCUT2D eigenvalue weighted by Crippen LogP contribution is 2.39. The number of nitrogens with one attached hydrogen (secondary N) is 1. The molecule has 1 aromatic rings. The van der Waals surface area contributed by atoms with Gasteiger partial charge in [-0.3, -0.25) is 0 Å². The van der Waals surface area contributed by atoms with Gasteiger partial charge in [-0.25, -0.2) is 4.39 Å². The van der Waals surface area contributed by atoms with Crippen molar-refractivity contribution in [3.63, 3.8) is 0 Å². The maximum Gasteiger partial charge on any atom is 0.127 e. The molecular weight excluding hydrogens is 285 g/mol. The van der Waals surface area contributed by atoms with Gasteiger partial charge in [-0.15, -0.1) is 0 Å². The van der Waals surface area contributed by atoms with Crippen molar-refractivity contribution in [3.05, 3.63) is 34.6 Å². The molecule has 2 rings (SSSR count). The van der Waals surface area contributed by atoms with E-state index in [9.17, 15) is 4.39 Å². The number of hydrogen-bond acceptors (Lipinski definition) is 1. The fourth-order valence-electron chi connectivity index (χ4n) is 3.41. The molecule has 21 heavy (non-hydrogen) atoms. The van der Waals surface area contributed by atoms with Crippen molar-refractivity contribution in [2.75, 3.05) is 13.1 Å². The molecule has 1 aliphatic rings. The van der Waals surface area contributed by atoms with E-state index in [4.69, 9.17) is 11.6 Å². The third-order valence-corrected chi connectivity index (χ3v) is 4.78. The smallest absolute Gasteiger partial charge is 0.127 e. The van der Waals surface area contributed by atoms with Gasteiger partial charge in [0.25, 0.3) is 0 Å². The third kappa shape index (κ3) is 4.96. The molecule has 118 valence electrons. The van der Waals surface area contributed by atoms with Crippen molar-refractivity contribution in [2.45, 2.75) is 52.4 Å². The van der Waals surface area contributed by atoms with Crippen LogP contribution in [0, 0.1) is 17.2 Å². The van der Waals surface area contributed by atoms with E-state index in [-0.39, 0.29) is 11.2 Å². The minimum atomic E-state index is -0.156. The summed E-state index contributed by atoms with van der Waals surface area (Å²) < 4.78 is 14.1. The van der Waals surface area contributed by atoms with Crippen LogP contribution in [0.25, 0.3) is 0 Å². The zero-order chi connectivity index (χ0) is 15.3. The van der Waals surface area contributed by atoms with Gasteiger partial charge in [-0.05, 0) is 54.8 Å². The third-order valence-electron chi connectivity index (χ3n) is 4.55. The van der Waals surface area contributed by atoms with Crippen LogP contribution in [0.4, 0.5) is 4.39 Å². The molecule has 0 heterocycles. The normalized spacial score (nSPS) is 18.1. The van der Waals surface area contributed by atoms with E-state index in [0.29, 0.717) is 10.9 Å². The minimum Gasteiger partial charge on any atom is -0.316 e. The zero-order valence-corrected chi connectivity index (χ0v) is 14.0. The Labute approximate surface area is 133 Å². The van der Waals surface area contributed by atoms with Gasteiger partial charge < -0.3 is 5.32 Å². The molecule has 0 saturated heterocycles. The highest BCUT2D eigenvalue weighted by atomic mass is 35.5. The molecule has 0 unspecified atom stereocenters. The first-order chi connectivity index (χ1) is 10.0. The molecule has 0 amide bonds. The zero-order valence-electron chi connectivity index (χ0n) is 13.2. The molecule has 1 fully saturated rings. The van der Waals surface area contributed by atoms with Crippen molar-refractivity contribution in [1.82, 2.24) is 5.32 Å². The fourth-order valence-corrected chi connectivity index (χ4v) is 3.57. The summed E-state index contributed by atoms with van der Waals surface area (Å²) in [7, 11) is 0. The standard InChI is InChI=1S/C18H27ClFN/c1-14(2)12-21-13-18(8-4-3-5-9-18)11-15-6-7-16(19)10-17(15)20/h6-7,10,14,21H,3-5,8-9,11-13H2,1-2H3. The van der Waals surface area contributed by atoms with Crippen LogP contribution in [0.1, 0.15) is 51.5 Å². The van der Waals surface area contributed by atoms with Crippen molar-refractivity contribution in [3.8, 4) is 0 Å². The second-order valence-corrected chi connectivity index (χ2v) is 7.43. The number of hydrogen-bond donors (Lipinski definition) is 1. The Hall–Kier alpha value is -0.600. The average Bonchev–Trinajstić information content (AvgIpc) is 2.43. The quantitative estimate of drug-likeness (QED) is 0.759. The van der Waals surface area contributed by atoms with E-state index in [1.54, 1.807) is 6.07 Å². The van der Waals surface area contributed by atoms with Gasteiger partial charge in [0.05, 0.1) is 0 Å². The van der Waals surface area contributed by atoms with E-state index in [2.05, 4.69) is 19.2 Å². The molecule has 1 nitrogen and oxygen atoms in total. The van der Waals surface area contributed by atoms with Crippen LogP contribution in [0.2, 0.25) is 5.02 Å². The molecule has 1 aliphatic carbocycles. The molecular formula is C18H27ClFN. The van der Waals surface area contributed by atoms with Gasteiger partial charge in [-0.1, -0.05) is 50.8 Å². The van der Waals surface area contributed by atoms with Crippen LogP contribution in [0.3, 0.4) is 0 Å². The Kier molecular flexibility index (Phi) is 6.07. The SMILES string of the molecule is CC(C)CNCC1(Cc2ccc(Cl)cc2F)CCCCC1. The first kappa shape index (κ1) is 16.8. The van der Waals surface area contributed by atoms with E-state index in [0.717, 1.165) is 25.1 Å². The highest BCUT2D eigenvalue weighted by Gasteiger charge is 2.32. The summed E-state index contributed by atoms with van der Waals surface area (Å²) in [5, 5.41) is 4.08. The summed E-state index contributed by atoms with van der Waals surface area (Å²) >= 11 is 5.86. The largest absolute Gasteiger partial charge is 0.316 e. The molecule has 3 heteroatoms. The second kappa shape index (κ2) is 7.60. The van der Waals surface area contributed by atoms with Gasteiger partial charge in [0.1, 0.15) is 5.82 Å². The van der Waals surface area contributed by atoms with Crippen LogP contribution in [0.15, 0.2) is 18.2 Å². The lowest BCUT2D eigenvalue weighted by Crippen LogP contribution is -2.39. The summed E-state index contributed by atoms with van der Waals surface area (Å²) in [5.41, 5.74) is 1.02. The Balaban J connectivity index is 2.08. The first-order valence-electron chi connectivity index (χ1n) is 8.15. The minimum absolute atomic E-state index is 0.156.